The molecular weight excluding hydrogens is 257 g/mol. The Hall–Kier alpha value is -1.15. The molecule has 0 atom stereocenters. The van der Waals surface area contributed by atoms with Gasteiger partial charge in [0.15, 0.2) is 5.69 Å². The van der Waals surface area contributed by atoms with Gasteiger partial charge >= 0.3 is 12.1 Å². The number of aromatic carboxylic acids is 1. The maximum Gasteiger partial charge on any atom is 0.435 e. The average Bonchev–Trinajstić information content (AvgIpc) is 2.57. The van der Waals surface area contributed by atoms with Crippen molar-refractivity contribution in [3.63, 3.8) is 0 Å². The van der Waals surface area contributed by atoms with E-state index in [1.165, 1.54) is 0 Å². The number of carboxylic acid groups (broad SMARTS) is 1. The minimum Gasteiger partial charge on any atom is -0.477 e. The molecule has 1 heterocycles. The summed E-state index contributed by atoms with van der Waals surface area (Å²) < 4.78 is 37.5. The Bertz CT molecular complexity index is 415. The van der Waals surface area contributed by atoms with Crippen LogP contribution < -0.4 is 0 Å². The molecule has 0 saturated heterocycles. The Kier molecular flexibility index (Phi) is 4.10. The Morgan fingerprint density at radius 1 is 1.47 bits per heavy atom. The van der Waals surface area contributed by atoms with E-state index in [2.05, 4.69) is 4.98 Å². The molecule has 0 amide bonds. The van der Waals surface area contributed by atoms with Gasteiger partial charge in [0.05, 0.1) is 5.01 Å². The Morgan fingerprint density at radius 2 is 2.06 bits per heavy atom. The van der Waals surface area contributed by atoms with Crippen molar-refractivity contribution in [3.05, 3.63) is 15.6 Å². The number of halogens is 3. The zero-order valence-corrected chi connectivity index (χ0v) is 10.0. The van der Waals surface area contributed by atoms with Crippen LogP contribution in [-0.4, -0.2) is 41.6 Å². The first kappa shape index (κ1) is 13.9. The highest BCUT2D eigenvalue weighted by atomic mass is 32.1. The second kappa shape index (κ2) is 5.01. The molecule has 0 bridgehead atoms. The van der Waals surface area contributed by atoms with Gasteiger partial charge in [-0.15, -0.1) is 11.3 Å². The van der Waals surface area contributed by atoms with E-state index in [4.69, 9.17) is 5.11 Å². The molecule has 17 heavy (non-hydrogen) atoms. The monoisotopic (exact) mass is 268 g/mol. The Labute approximate surface area is 99.7 Å². The highest BCUT2D eigenvalue weighted by molar-refractivity contribution is 7.13. The van der Waals surface area contributed by atoms with Crippen LogP contribution in [0.3, 0.4) is 0 Å². The van der Waals surface area contributed by atoms with E-state index in [1.54, 1.807) is 19.0 Å². The highest BCUT2D eigenvalue weighted by Gasteiger charge is 2.39. The molecule has 0 unspecified atom stereocenters. The van der Waals surface area contributed by atoms with E-state index in [-0.39, 0.29) is 5.01 Å². The van der Waals surface area contributed by atoms with Crippen LogP contribution in [0, 0.1) is 0 Å². The van der Waals surface area contributed by atoms with Gasteiger partial charge in [0.2, 0.25) is 0 Å². The number of carbonyl (C=O) groups is 1. The van der Waals surface area contributed by atoms with Gasteiger partial charge in [-0.05, 0) is 14.1 Å². The lowest BCUT2D eigenvalue weighted by molar-refractivity contribution is -0.141. The van der Waals surface area contributed by atoms with Crippen molar-refractivity contribution in [2.45, 2.75) is 12.6 Å². The lowest BCUT2D eigenvalue weighted by Gasteiger charge is -2.06. The molecule has 4 nitrogen and oxygen atoms in total. The van der Waals surface area contributed by atoms with E-state index in [0.717, 1.165) is 0 Å². The molecule has 1 N–H and O–H groups in total. The SMILES string of the molecule is CN(C)CCc1nc(C(F)(F)F)c(C(=O)O)s1. The summed E-state index contributed by atoms with van der Waals surface area (Å²) in [7, 11) is 3.55. The summed E-state index contributed by atoms with van der Waals surface area (Å²) in [4.78, 5) is 15.1. The summed E-state index contributed by atoms with van der Waals surface area (Å²) in [6.07, 6.45) is -4.42. The first-order valence-electron chi connectivity index (χ1n) is 4.66. The van der Waals surface area contributed by atoms with Crippen molar-refractivity contribution in [3.8, 4) is 0 Å². The number of alkyl halides is 3. The van der Waals surface area contributed by atoms with E-state index in [0.29, 0.717) is 24.3 Å². The van der Waals surface area contributed by atoms with Crippen LogP contribution in [0.5, 0.6) is 0 Å². The molecule has 1 aromatic rings. The number of carboxylic acids is 1. The summed E-state index contributed by atoms with van der Waals surface area (Å²) in [6.45, 7) is 0.518. The van der Waals surface area contributed by atoms with Gasteiger partial charge in [-0.1, -0.05) is 0 Å². The smallest absolute Gasteiger partial charge is 0.435 e. The van der Waals surface area contributed by atoms with Crippen LogP contribution in [0.15, 0.2) is 0 Å². The third-order valence-corrected chi connectivity index (χ3v) is 3.01. The number of hydrogen-bond donors (Lipinski definition) is 1. The topological polar surface area (TPSA) is 53.4 Å². The number of aromatic nitrogens is 1. The molecule has 0 aliphatic rings. The summed E-state index contributed by atoms with van der Waals surface area (Å²) in [5.74, 6) is -1.59. The third kappa shape index (κ3) is 3.67. The number of likely N-dealkylation sites (N-methyl/N-ethyl adjacent to an activating group) is 1. The van der Waals surface area contributed by atoms with E-state index in [1.807, 2.05) is 0 Å². The third-order valence-electron chi connectivity index (χ3n) is 1.91. The molecule has 0 spiro atoms. The zero-order valence-electron chi connectivity index (χ0n) is 9.21. The molecule has 1 rings (SSSR count). The summed E-state index contributed by atoms with van der Waals surface area (Å²) >= 11 is 0.579. The van der Waals surface area contributed by atoms with Crippen molar-refractivity contribution in [2.24, 2.45) is 0 Å². The van der Waals surface area contributed by atoms with Gasteiger partial charge in [0.25, 0.3) is 0 Å². The molecule has 0 aliphatic heterocycles. The van der Waals surface area contributed by atoms with Crippen molar-refractivity contribution in [1.29, 1.82) is 0 Å². The van der Waals surface area contributed by atoms with Crippen LogP contribution in [0.2, 0.25) is 0 Å². The van der Waals surface area contributed by atoms with Crippen LogP contribution in [-0.2, 0) is 12.6 Å². The lowest BCUT2D eigenvalue weighted by atomic mass is 10.3. The molecule has 0 fully saturated rings. The van der Waals surface area contributed by atoms with Crippen LogP contribution in [0.1, 0.15) is 20.4 Å². The summed E-state index contributed by atoms with van der Waals surface area (Å²) in [5.41, 5.74) is -1.30. The maximum absolute atomic E-state index is 12.5. The van der Waals surface area contributed by atoms with E-state index < -0.39 is 22.7 Å². The fourth-order valence-corrected chi connectivity index (χ4v) is 2.04. The first-order chi connectivity index (χ1) is 7.71. The van der Waals surface area contributed by atoms with Crippen molar-refractivity contribution < 1.29 is 23.1 Å². The molecule has 8 heteroatoms. The molecular formula is C9H11F3N2O2S. The minimum absolute atomic E-state index is 0.184. The second-order valence-electron chi connectivity index (χ2n) is 3.64. The average molecular weight is 268 g/mol. The number of thiazole rings is 1. The Balaban J connectivity index is 3.01. The van der Waals surface area contributed by atoms with Gasteiger partial charge in [-0.2, -0.15) is 13.2 Å². The van der Waals surface area contributed by atoms with Gasteiger partial charge < -0.3 is 10.0 Å². The number of nitrogens with zero attached hydrogens (tertiary/aromatic N) is 2. The fourth-order valence-electron chi connectivity index (χ4n) is 1.13. The fraction of sp³-hybridized carbons (Fsp3) is 0.556. The predicted octanol–water partition coefficient (Wildman–Crippen LogP) is 1.96. The minimum atomic E-state index is -4.72. The molecule has 1 aromatic heterocycles. The molecule has 96 valence electrons. The van der Waals surface area contributed by atoms with Crippen LogP contribution >= 0.6 is 11.3 Å². The number of rotatable bonds is 4. The van der Waals surface area contributed by atoms with E-state index >= 15 is 0 Å². The van der Waals surface area contributed by atoms with Crippen LogP contribution in [0.4, 0.5) is 13.2 Å². The molecule has 0 aromatic carbocycles. The van der Waals surface area contributed by atoms with Gasteiger partial charge in [-0.25, -0.2) is 9.78 Å². The van der Waals surface area contributed by atoms with E-state index in [9.17, 15) is 18.0 Å². The first-order valence-corrected chi connectivity index (χ1v) is 5.48. The van der Waals surface area contributed by atoms with Gasteiger partial charge in [0.1, 0.15) is 4.88 Å². The quantitative estimate of drug-likeness (QED) is 0.907. The normalized spacial score (nSPS) is 12.1. The van der Waals surface area contributed by atoms with Crippen LogP contribution in [0.25, 0.3) is 0 Å². The number of hydrogen-bond acceptors (Lipinski definition) is 4. The Morgan fingerprint density at radius 3 is 2.41 bits per heavy atom. The second-order valence-corrected chi connectivity index (χ2v) is 4.73. The molecule has 0 saturated carbocycles. The van der Waals surface area contributed by atoms with Gasteiger partial charge in [-0.3, -0.25) is 0 Å². The van der Waals surface area contributed by atoms with Gasteiger partial charge in [0, 0.05) is 13.0 Å². The van der Waals surface area contributed by atoms with Crippen molar-refractivity contribution in [2.75, 3.05) is 20.6 Å². The summed E-state index contributed by atoms with van der Waals surface area (Å²) in [5, 5.41) is 8.86. The highest BCUT2D eigenvalue weighted by Crippen LogP contribution is 2.34. The predicted molar refractivity (Wildman–Crippen MR) is 56.3 cm³/mol. The maximum atomic E-state index is 12.5. The zero-order chi connectivity index (χ0) is 13.2. The van der Waals surface area contributed by atoms with Crippen molar-refractivity contribution >= 4 is 17.3 Å². The van der Waals surface area contributed by atoms with Crippen molar-refractivity contribution in [1.82, 2.24) is 9.88 Å². The standard InChI is InChI=1S/C9H11F3N2O2S/c1-14(2)4-3-5-13-7(9(10,11)12)6(17-5)8(15)16/h3-4H2,1-2H3,(H,15,16). The molecule has 0 radical (unpaired) electrons. The molecule has 0 aliphatic carbocycles. The summed E-state index contributed by atoms with van der Waals surface area (Å²) in [6, 6.07) is 0. The largest absolute Gasteiger partial charge is 0.477 e. The lowest BCUT2D eigenvalue weighted by Crippen LogP contribution is -2.15.